The Morgan fingerprint density at radius 2 is 2.31 bits per heavy atom. The Morgan fingerprint density at radius 1 is 1.62 bits per heavy atom. The Kier molecular flexibility index (Phi) is 2.91. The molecule has 2 N–H and O–H groups in total. The predicted molar refractivity (Wildman–Crippen MR) is 58.7 cm³/mol. The van der Waals surface area contributed by atoms with Gasteiger partial charge in [-0.2, -0.15) is 0 Å². The van der Waals surface area contributed by atoms with Crippen molar-refractivity contribution >= 4 is 23.2 Å². The fourth-order valence-electron chi connectivity index (χ4n) is 1.24. The van der Waals surface area contributed by atoms with Crippen LogP contribution in [-0.2, 0) is 4.79 Å². The molecule has 1 aromatic heterocycles. The van der Waals surface area contributed by atoms with Gasteiger partial charge in [-0.1, -0.05) is 0 Å². The number of carbonyl (C=O) groups is 2. The van der Waals surface area contributed by atoms with Crippen LogP contribution in [0.15, 0.2) is 6.20 Å². The van der Waals surface area contributed by atoms with Gasteiger partial charge in [-0.3, -0.25) is 9.59 Å². The van der Waals surface area contributed by atoms with Crippen molar-refractivity contribution in [2.45, 2.75) is 31.7 Å². The molecule has 0 spiro atoms. The number of carbonyl (C=O) groups excluding carboxylic acids is 1. The van der Waals surface area contributed by atoms with Crippen molar-refractivity contribution < 1.29 is 14.7 Å². The number of nitrogens with one attached hydrogen (secondary N) is 1. The number of aliphatic carboxylic acids is 1. The molecule has 1 saturated carbocycles. The van der Waals surface area contributed by atoms with Crippen molar-refractivity contribution in [3.63, 3.8) is 0 Å². The maximum absolute atomic E-state index is 11.6. The number of thiazole rings is 1. The van der Waals surface area contributed by atoms with E-state index in [2.05, 4.69) is 10.3 Å². The molecular weight excluding hydrogens is 228 g/mol. The van der Waals surface area contributed by atoms with Gasteiger partial charge in [0.1, 0.15) is 10.9 Å². The molecule has 2 rings (SSSR count). The molecule has 5 nitrogen and oxygen atoms in total. The lowest BCUT2D eigenvalue weighted by Crippen LogP contribution is -2.37. The number of hydrogen-bond acceptors (Lipinski definition) is 4. The first-order chi connectivity index (χ1) is 7.58. The van der Waals surface area contributed by atoms with E-state index in [1.807, 2.05) is 0 Å². The van der Waals surface area contributed by atoms with E-state index in [1.54, 1.807) is 0 Å². The summed E-state index contributed by atoms with van der Waals surface area (Å²) >= 11 is 1.35. The average molecular weight is 240 g/mol. The summed E-state index contributed by atoms with van der Waals surface area (Å²) in [5.41, 5.74) is 0. The molecule has 1 amide bonds. The molecule has 0 aliphatic heterocycles. The maximum Gasteiger partial charge on any atom is 0.325 e. The number of hydrogen-bond donors (Lipinski definition) is 2. The van der Waals surface area contributed by atoms with E-state index < -0.39 is 12.0 Å². The van der Waals surface area contributed by atoms with Crippen LogP contribution in [0, 0.1) is 0 Å². The third-order valence-electron chi connectivity index (χ3n) is 2.39. The van der Waals surface area contributed by atoms with Gasteiger partial charge in [0.05, 0.1) is 11.2 Å². The highest BCUT2D eigenvalue weighted by molar-refractivity contribution is 7.13. The van der Waals surface area contributed by atoms with Crippen molar-refractivity contribution in [3.8, 4) is 0 Å². The van der Waals surface area contributed by atoms with Crippen LogP contribution in [0.25, 0.3) is 0 Å². The zero-order chi connectivity index (χ0) is 11.7. The van der Waals surface area contributed by atoms with E-state index in [0.29, 0.717) is 10.8 Å². The quantitative estimate of drug-likeness (QED) is 0.829. The Morgan fingerprint density at radius 3 is 2.88 bits per heavy atom. The van der Waals surface area contributed by atoms with Crippen molar-refractivity contribution in [2.24, 2.45) is 0 Å². The van der Waals surface area contributed by atoms with E-state index in [1.165, 1.54) is 24.5 Å². The van der Waals surface area contributed by atoms with Gasteiger partial charge >= 0.3 is 5.97 Å². The Bertz CT molecular complexity index is 425. The number of nitrogens with zero attached hydrogens (tertiary/aromatic N) is 1. The standard InChI is InChI=1S/C10H12N2O3S/c1-5(10(14)15)12-8(13)7-4-11-9(16-7)6-2-3-6/h4-6H,2-3H2,1H3,(H,12,13)(H,14,15)/t5-/m0/s1. The number of amides is 1. The minimum Gasteiger partial charge on any atom is -0.480 e. The van der Waals surface area contributed by atoms with Gasteiger partial charge in [-0.05, 0) is 19.8 Å². The van der Waals surface area contributed by atoms with Crippen LogP contribution in [0.2, 0.25) is 0 Å². The monoisotopic (exact) mass is 240 g/mol. The first-order valence-corrected chi connectivity index (χ1v) is 5.89. The molecule has 0 radical (unpaired) electrons. The Hall–Kier alpha value is -1.43. The SMILES string of the molecule is C[C@H](NC(=O)c1cnc(C2CC2)s1)C(=O)O. The largest absolute Gasteiger partial charge is 0.480 e. The average Bonchev–Trinajstić information content (AvgIpc) is 2.96. The summed E-state index contributed by atoms with van der Waals surface area (Å²) in [4.78, 5) is 26.8. The first-order valence-electron chi connectivity index (χ1n) is 5.07. The number of rotatable bonds is 4. The van der Waals surface area contributed by atoms with E-state index >= 15 is 0 Å². The molecule has 0 saturated heterocycles. The second-order valence-electron chi connectivity index (χ2n) is 3.87. The Labute approximate surface area is 96.5 Å². The van der Waals surface area contributed by atoms with Crippen LogP contribution < -0.4 is 5.32 Å². The molecule has 0 unspecified atom stereocenters. The van der Waals surface area contributed by atoms with Crippen molar-refractivity contribution in [1.29, 1.82) is 0 Å². The van der Waals surface area contributed by atoms with Crippen LogP contribution in [0.5, 0.6) is 0 Å². The molecule has 1 atom stereocenters. The van der Waals surface area contributed by atoms with Crippen LogP contribution >= 0.6 is 11.3 Å². The second-order valence-corrected chi connectivity index (χ2v) is 4.93. The zero-order valence-corrected chi connectivity index (χ0v) is 9.58. The third-order valence-corrected chi connectivity index (χ3v) is 3.55. The molecule has 86 valence electrons. The molecular formula is C10H12N2O3S. The molecule has 16 heavy (non-hydrogen) atoms. The fraction of sp³-hybridized carbons (Fsp3) is 0.500. The van der Waals surface area contributed by atoms with Gasteiger partial charge in [0, 0.05) is 5.92 Å². The minimum atomic E-state index is -1.04. The highest BCUT2D eigenvalue weighted by atomic mass is 32.1. The smallest absolute Gasteiger partial charge is 0.325 e. The molecule has 1 aromatic rings. The predicted octanol–water partition coefficient (Wildman–Crippen LogP) is 1.22. The van der Waals surface area contributed by atoms with E-state index in [0.717, 1.165) is 17.8 Å². The summed E-state index contributed by atoms with van der Waals surface area (Å²) in [5, 5.41) is 12.0. The lowest BCUT2D eigenvalue weighted by Gasteiger charge is -2.06. The molecule has 0 bridgehead atoms. The number of aromatic nitrogens is 1. The third kappa shape index (κ3) is 2.38. The highest BCUT2D eigenvalue weighted by Crippen LogP contribution is 2.41. The van der Waals surface area contributed by atoms with Crippen LogP contribution in [0.1, 0.15) is 40.4 Å². The Balaban J connectivity index is 1.99. The van der Waals surface area contributed by atoms with Gasteiger partial charge in [0.15, 0.2) is 0 Å². The molecule has 1 aliphatic carbocycles. The number of carboxylic acids is 1. The van der Waals surface area contributed by atoms with Gasteiger partial charge in [0.25, 0.3) is 5.91 Å². The summed E-state index contributed by atoms with van der Waals surface area (Å²) in [5.74, 6) is -0.886. The highest BCUT2D eigenvalue weighted by Gasteiger charge is 2.27. The van der Waals surface area contributed by atoms with Crippen molar-refractivity contribution in [1.82, 2.24) is 10.3 Å². The van der Waals surface area contributed by atoms with Gasteiger partial charge in [-0.25, -0.2) is 4.98 Å². The van der Waals surface area contributed by atoms with Gasteiger partial charge in [-0.15, -0.1) is 11.3 Å². The van der Waals surface area contributed by atoms with Crippen LogP contribution in [0.4, 0.5) is 0 Å². The topological polar surface area (TPSA) is 79.3 Å². The molecule has 1 fully saturated rings. The first kappa shape index (κ1) is 11.1. The van der Waals surface area contributed by atoms with Crippen molar-refractivity contribution in [3.05, 3.63) is 16.1 Å². The minimum absolute atomic E-state index is 0.362. The molecule has 1 heterocycles. The summed E-state index contributed by atoms with van der Waals surface area (Å²) in [7, 11) is 0. The lowest BCUT2D eigenvalue weighted by atomic mass is 10.3. The number of carboxylic acid groups (broad SMARTS) is 1. The van der Waals surface area contributed by atoms with Crippen LogP contribution in [-0.4, -0.2) is 28.0 Å². The summed E-state index contributed by atoms with van der Waals surface area (Å²) < 4.78 is 0. The van der Waals surface area contributed by atoms with Crippen LogP contribution in [0.3, 0.4) is 0 Å². The zero-order valence-electron chi connectivity index (χ0n) is 8.77. The van der Waals surface area contributed by atoms with E-state index in [-0.39, 0.29) is 5.91 Å². The molecule has 6 heteroatoms. The normalized spacial score (nSPS) is 16.8. The molecule has 0 aromatic carbocycles. The maximum atomic E-state index is 11.6. The molecule has 1 aliphatic rings. The second kappa shape index (κ2) is 4.21. The van der Waals surface area contributed by atoms with E-state index in [4.69, 9.17) is 5.11 Å². The summed E-state index contributed by atoms with van der Waals surface area (Å²) in [6.07, 6.45) is 3.79. The van der Waals surface area contributed by atoms with Gasteiger partial charge in [0.2, 0.25) is 0 Å². The van der Waals surface area contributed by atoms with Crippen molar-refractivity contribution in [2.75, 3.05) is 0 Å². The summed E-state index contributed by atoms with van der Waals surface area (Å²) in [6, 6.07) is -0.876. The van der Waals surface area contributed by atoms with E-state index in [9.17, 15) is 9.59 Å². The fourth-order valence-corrected chi connectivity index (χ4v) is 2.23. The van der Waals surface area contributed by atoms with Gasteiger partial charge < -0.3 is 10.4 Å². The lowest BCUT2D eigenvalue weighted by molar-refractivity contribution is -0.138. The summed E-state index contributed by atoms with van der Waals surface area (Å²) in [6.45, 7) is 1.43.